The quantitative estimate of drug-likeness (QED) is 0.876. The molecule has 3 nitrogen and oxygen atoms in total. The summed E-state index contributed by atoms with van der Waals surface area (Å²) in [6.45, 7) is 1.98. The average molecular weight is 255 g/mol. The van der Waals surface area contributed by atoms with Crippen molar-refractivity contribution in [3.63, 3.8) is 0 Å². The van der Waals surface area contributed by atoms with E-state index in [0.717, 1.165) is 11.1 Å². The highest BCUT2D eigenvalue weighted by Crippen LogP contribution is 2.32. The second kappa shape index (κ2) is 5.57. The maximum atomic E-state index is 11.2. The molecule has 3 heteroatoms. The molecule has 0 radical (unpaired) electrons. The van der Waals surface area contributed by atoms with E-state index < -0.39 is 11.6 Å². The predicted molar refractivity (Wildman–Crippen MR) is 75.1 cm³/mol. The minimum Gasteiger partial charge on any atom is -0.465 e. The molecule has 0 aromatic heterocycles. The zero-order valence-electron chi connectivity index (χ0n) is 10.8. The first-order chi connectivity index (χ1) is 9.19. The fourth-order valence-electron chi connectivity index (χ4n) is 2.44. The van der Waals surface area contributed by atoms with Crippen LogP contribution in [-0.2, 0) is 5.54 Å². The Bertz CT molecular complexity index is 498. The fourth-order valence-corrected chi connectivity index (χ4v) is 2.44. The molecule has 0 atom stereocenters. The molecular formula is C16H17NO2. The lowest BCUT2D eigenvalue weighted by Crippen LogP contribution is -2.45. The first kappa shape index (κ1) is 13.1. The van der Waals surface area contributed by atoms with Gasteiger partial charge in [-0.1, -0.05) is 67.6 Å². The van der Waals surface area contributed by atoms with Gasteiger partial charge < -0.3 is 10.4 Å². The minimum atomic E-state index is -1.02. The van der Waals surface area contributed by atoms with Crippen LogP contribution in [0.15, 0.2) is 60.7 Å². The van der Waals surface area contributed by atoms with Crippen molar-refractivity contribution in [2.24, 2.45) is 0 Å². The summed E-state index contributed by atoms with van der Waals surface area (Å²) in [5.41, 5.74) is 1.20. The maximum Gasteiger partial charge on any atom is 0.405 e. The predicted octanol–water partition coefficient (Wildman–Crippen LogP) is 3.61. The van der Waals surface area contributed by atoms with Crippen LogP contribution in [-0.4, -0.2) is 11.2 Å². The zero-order chi connectivity index (χ0) is 13.7. The Hall–Kier alpha value is -2.29. The summed E-state index contributed by atoms with van der Waals surface area (Å²) in [5, 5.41) is 11.9. The number of carbonyl (C=O) groups is 1. The second-order valence-electron chi connectivity index (χ2n) is 4.42. The van der Waals surface area contributed by atoms with Crippen molar-refractivity contribution in [1.29, 1.82) is 0 Å². The molecule has 19 heavy (non-hydrogen) atoms. The second-order valence-corrected chi connectivity index (χ2v) is 4.42. The molecule has 0 unspecified atom stereocenters. The molecule has 0 aliphatic carbocycles. The van der Waals surface area contributed by atoms with Crippen molar-refractivity contribution in [3.05, 3.63) is 71.8 Å². The first-order valence-corrected chi connectivity index (χ1v) is 6.31. The summed E-state index contributed by atoms with van der Waals surface area (Å²) in [7, 11) is 0. The number of hydrogen-bond donors (Lipinski definition) is 2. The molecule has 2 N–H and O–H groups in total. The van der Waals surface area contributed by atoms with Crippen molar-refractivity contribution in [2.75, 3.05) is 0 Å². The molecule has 2 aromatic rings. The molecule has 2 rings (SSSR count). The van der Waals surface area contributed by atoms with Crippen molar-refractivity contribution in [3.8, 4) is 0 Å². The van der Waals surface area contributed by atoms with Crippen molar-refractivity contribution < 1.29 is 9.90 Å². The Morgan fingerprint density at radius 3 is 1.74 bits per heavy atom. The molecule has 1 amide bonds. The monoisotopic (exact) mass is 255 g/mol. The standard InChI is InChI=1S/C16H17NO2/c1-2-16(17-15(18)19,13-9-5-3-6-10-13)14-11-7-4-8-12-14/h3-12,17H,2H2,1H3,(H,18,19). The van der Waals surface area contributed by atoms with Crippen LogP contribution >= 0.6 is 0 Å². The molecule has 0 spiro atoms. The molecule has 0 heterocycles. The van der Waals surface area contributed by atoms with Crippen LogP contribution in [0.5, 0.6) is 0 Å². The average Bonchev–Trinajstić information content (AvgIpc) is 2.46. The van der Waals surface area contributed by atoms with Gasteiger partial charge in [-0.25, -0.2) is 4.79 Å². The highest BCUT2D eigenvalue weighted by atomic mass is 16.4. The third-order valence-electron chi connectivity index (χ3n) is 3.38. The molecule has 0 saturated heterocycles. The maximum absolute atomic E-state index is 11.2. The molecule has 0 aliphatic heterocycles. The first-order valence-electron chi connectivity index (χ1n) is 6.31. The van der Waals surface area contributed by atoms with Gasteiger partial charge in [-0.2, -0.15) is 0 Å². The van der Waals surface area contributed by atoms with Crippen molar-refractivity contribution >= 4 is 6.09 Å². The number of benzene rings is 2. The van der Waals surface area contributed by atoms with E-state index in [-0.39, 0.29) is 0 Å². The summed E-state index contributed by atoms with van der Waals surface area (Å²) in [6, 6.07) is 19.3. The van der Waals surface area contributed by atoms with Crippen LogP contribution in [0.1, 0.15) is 24.5 Å². The van der Waals surface area contributed by atoms with Gasteiger partial charge in [-0.05, 0) is 17.5 Å². The molecule has 98 valence electrons. The van der Waals surface area contributed by atoms with E-state index in [1.165, 1.54) is 0 Å². The number of amides is 1. The van der Waals surface area contributed by atoms with Crippen molar-refractivity contribution in [1.82, 2.24) is 5.32 Å². The molecule has 0 aliphatic rings. The van der Waals surface area contributed by atoms with E-state index in [1.807, 2.05) is 67.6 Å². The van der Waals surface area contributed by atoms with E-state index >= 15 is 0 Å². The zero-order valence-corrected chi connectivity index (χ0v) is 10.8. The molecule has 0 saturated carbocycles. The van der Waals surface area contributed by atoms with Gasteiger partial charge in [0.15, 0.2) is 0 Å². The van der Waals surface area contributed by atoms with Gasteiger partial charge in [-0.15, -0.1) is 0 Å². The van der Waals surface area contributed by atoms with Crippen molar-refractivity contribution in [2.45, 2.75) is 18.9 Å². The summed E-state index contributed by atoms with van der Waals surface area (Å²) >= 11 is 0. The van der Waals surface area contributed by atoms with Gasteiger partial charge in [0.05, 0.1) is 5.54 Å². The molecule has 0 bridgehead atoms. The van der Waals surface area contributed by atoms with E-state index in [1.54, 1.807) is 0 Å². The Balaban J connectivity index is 2.58. The van der Waals surface area contributed by atoms with Gasteiger partial charge >= 0.3 is 6.09 Å². The van der Waals surface area contributed by atoms with Gasteiger partial charge in [0.1, 0.15) is 0 Å². The minimum absolute atomic E-state index is 0.646. The number of carboxylic acid groups (broad SMARTS) is 1. The topological polar surface area (TPSA) is 49.3 Å². The van der Waals surface area contributed by atoms with E-state index in [4.69, 9.17) is 0 Å². The number of nitrogens with one attached hydrogen (secondary N) is 1. The van der Waals surface area contributed by atoms with E-state index in [9.17, 15) is 9.90 Å². The van der Waals surface area contributed by atoms with Gasteiger partial charge in [0.25, 0.3) is 0 Å². The van der Waals surface area contributed by atoms with Gasteiger partial charge in [0, 0.05) is 0 Å². The lowest BCUT2D eigenvalue weighted by molar-refractivity contribution is 0.181. The smallest absolute Gasteiger partial charge is 0.405 e. The Morgan fingerprint density at radius 1 is 1.00 bits per heavy atom. The third kappa shape index (κ3) is 2.60. The number of rotatable bonds is 4. The summed E-state index contributed by atoms with van der Waals surface area (Å²) in [6.07, 6.45) is -0.373. The number of hydrogen-bond acceptors (Lipinski definition) is 1. The van der Waals surface area contributed by atoms with Gasteiger partial charge in [0.2, 0.25) is 0 Å². The third-order valence-corrected chi connectivity index (χ3v) is 3.38. The lowest BCUT2D eigenvalue weighted by Gasteiger charge is -2.34. The molecular weight excluding hydrogens is 238 g/mol. The lowest BCUT2D eigenvalue weighted by atomic mass is 9.80. The van der Waals surface area contributed by atoms with Gasteiger partial charge in [-0.3, -0.25) is 0 Å². The van der Waals surface area contributed by atoms with Crippen LogP contribution in [0.2, 0.25) is 0 Å². The summed E-state index contributed by atoms with van der Waals surface area (Å²) in [4.78, 5) is 11.2. The largest absolute Gasteiger partial charge is 0.465 e. The van der Waals surface area contributed by atoms with E-state index in [0.29, 0.717) is 6.42 Å². The highest BCUT2D eigenvalue weighted by Gasteiger charge is 2.33. The van der Waals surface area contributed by atoms with E-state index in [2.05, 4.69) is 5.32 Å². The summed E-state index contributed by atoms with van der Waals surface area (Å²) < 4.78 is 0. The van der Waals surface area contributed by atoms with Crippen LogP contribution in [0.4, 0.5) is 4.79 Å². The fraction of sp³-hybridized carbons (Fsp3) is 0.188. The Labute approximate surface area is 112 Å². The summed E-state index contributed by atoms with van der Waals surface area (Å²) in [5.74, 6) is 0. The van der Waals surface area contributed by atoms with Crippen LogP contribution in [0, 0.1) is 0 Å². The highest BCUT2D eigenvalue weighted by molar-refractivity contribution is 5.67. The molecule has 2 aromatic carbocycles. The van der Waals surface area contributed by atoms with Crippen LogP contribution in [0.3, 0.4) is 0 Å². The Morgan fingerprint density at radius 2 is 1.42 bits per heavy atom. The Kier molecular flexibility index (Phi) is 3.85. The van der Waals surface area contributed by atoms with Crippen LogP contribution in [0.25, 0.3) is 0 Å². The SMILES string of the molecule is CCC(NC(=O)O)(c1ccccc1)c1ccccc1. The van der Waals surface area contributed by atoms with Crippen LogP contribution < -0.4 is 5.32 Å². The normalized spacial score (nSPS) is 11.0. The molecule has 0 fully saturated rings.